The van der Waals surface area contributed by atoms with Crippen LogP contribution in [0.4, 0.5) is 29.3 Å². The topological polar surface area (TPSA) is 104 Å². The number of pyridine rings is 1. The number of hydrogen-bond donors (Lipinski definition) is 2. The third kappa shape index (κ3) is 4.55. The van der Waals surface area contributed by atoms with Crippen LogP contribution in [0.3, 0.4) is 0 Å². The van der Waals surface area contributed by atoms with E-state index in [9.17, 15) is 27.6 Å². The number of aromatic nitrogens is 1. The number of carbonyl (C=O) groups is 3. The molecule has 2 N–H and O–H groups in total. The highest BCUT2D eigenvalue weighted by molar-refractivity contribution is 8.01. The predicted octanol–water partition coefficient (Wildman–Crippen LogP) is 3.78. The molecule has 0 saturated carbocycles. The molecular formula is C25H24F3N5O4S. The van der Waals surface area contributed by atoms with Gasteiger partial charge in [-0.2, -0.15) is 13.2 Å². The number of likely N-dealkylation sites (tertiary alicyclic amines) is 1. The summed E-state index contributed by atoms with van der Waals surface area (Å²) in [7, 11) is 1.14. The van der Waals surface area contributed by atoms with Gasteiger partial charge in [0.05, 0.1) is 30.1 Å². The molecule has 1 saturated heterocycles. The van der Waals surface area contributed by atoms with Crippen LogP contribution < -0.4 is 20.3 Å². The van der Waals surface area contributed by atoms with Crippen LogP contribution in [-0.2, 0) is 15.8 Å². The van der Waals surface area contributed by atoms with Crippen molar-refractivity contribution in [3.05, 3.63) is 54.2 Å². The lowest BCUT2D eigenvalue weighted by Crippen LogP contribution is -2.53. The Morgan fingerprint density at radius 2 is 2.11 bits per heavy atom. The lowest BCUT2D eigenvalue weighted by atomic mass is 9.99. The minimum Gasteiger partial charge on any atom is -0.496 e. The van der Waals surface area contributed by atoms with Crippen LogP contribution >= 0.6 is 11.8 Å². The van der Waals surface area contributed by atoms with Crippen LogP contribution in [0.15, 0.2) is 48.1 Å². The van der Waals surface area contributed by atoms with Crippen molar-refractivity contribution < 1.29 is 32.3 Å². The van der Waals surface area contributed by atoms with E-state index in [-0.39, 0.29) is 29.3 Å². The third-order valence-corrected chi connectivity index (χ3v) is 8.05. The second-order valence-electron chi connectivity index (χ2n) is 9.07. The molecule has 0 radical (unpaired) electrons. The molecule has 2 aromatic rings. The molecule has 3 aliphatic rings. The molecular weight excluding hydrogens is 523 g/mol. The van der Waals surface area contributed by atoms with E-state index in [1.807, 2.05) is 0 Å². The first-order valence-electron chi connectivity index (χ1n) is 11.9. The van der Waals surface area contributed by atoms with Gasteiger partial charge in [0.25, 0.3) is 0 Å². The Morgan fingerprint density at radius 3 is 2.82 bits per heavy atom. The fraction of sp³-hybridized carbons (Fsp3) is 0.360. The van der Waals surface area contributed by atoms with Crippen LogP contribution in [0.25, 0.3) is 0 Å². The van der Waals surface area contributed by atoms with Crippen LogP contribution in [-0.4, -0.2) is 59.2 Å². The Hall–Kier alpha value is -3.74. The maximum absolute atomic E-state index is 13.6. The van der Waals surface area contributed by atoms with Gasteiger partial charge in [-0.05, 0) is 43.2 Å². The standard InChI is InChI=1S/C25H24F3N5O4S/c1-3-18(34)32-10-4-5-13(12-32)30-22(35)21-20-19-16(8-9-29-23(19)38-21)33(24(36)31-20)14-6-7-17(37-2)15(11-14)25(26,27)28/h3,6-9,11,13,20-21H,1,4-5,10,12H2,2H3,(H,30,35)(H,31,36)/t13?,20?,21-/m1/s1. The lowest BCUT2D eigenvalue weighted by molar-refractivity contribution is -0.138. The molecule has 9 nitrogen and oxygen atoms in total. The van der Waals surface area contributed by atoms with Gasteiger partial charge in [-0.1, -0.05) is 18.3 Å². The number of methoxy groups -OCH3 is 1. The highest BCUT2D eigenvalue weighted by atomic mass is 32.2. The first-order valence-corrected chi connectivity index (χ1v) is 12.7. The molecule has 13 heteroatoms. The number of thioether (sulfide) groups is 1. The SMILES string of the molecule is C=CC(=O)N1CCCC(NC(=O)[C@@H]2Sc3nccc4c3C2NC(=O)N4c2ccc(OC)c(C(F)(F)F)c2)C1. The molecule has 0 bridgehead atoms. The molecule has 1 aromatic heterocycles. The van der Waals surface area contributed by atoms with E-state index in [0.717, 1.165) is 30.6 Å². The summed E-state index contributed by atoms with van der Waals surface area (Å²) >= 11 is 1.18. The van der Waals surface area contributed by atoms with Crippen molar-refractivity contribution in [1.82, 2.24) is 20.5 Å². The van der Waals surface area contributed by atoms with Crippen LogP contribution in [0.1, 0.15) is 30.0 Å². The third-order valence-electron chi connectivity index (χ3n) is 6.77. The van der Waals surface area contributed by atoms with Gasteiger partial charge in [-0.15, -0.1) is 0 Å². The van der Waals surface area contributed by atoms with Crippen molar-refractivity contribution in [2.75, 3.05) is 25.1 Å². The number of anilines is 2. The Labute approximate surface area is 220 Å². The number of hydrogen-bond acceptors (Lipinski definition) is 6. The van der Waals surface area contributed by atoms with Crippen molar-refractivity contribution in [2.45, 2.75) is 41.4 Å². The van der Waals surface area contributed by atoms with E-state index >= 15 is 0 Å². The second kappa shape index (κ2) is 9.86. The van der Waals surface area contributed by atoms with Gasteiger partial charge < -0.3 is 20.3 Å². The Kier molecular flexibility index (Phi) is 6.72. The number of nitrogens with one attached hydrogen (secondary N) is 2. The number of alkyl halides is 3. The quantitative estimate of drug-likeness (QED) is 0.553. The molecule has 0 spiro atoms. The minimum atomic E-state index is -4.69. The van der Waals surface area contributed by atoms with Gasteiger partial charge in [0, 0.05) is 30.9 Å². The summed E-state index contributed by atoms with van der Waals surface area (Å²) in [5.74, 6) is -0.883. The molecule has 3 atom stereocenters. The van der Waals surface area contributed by atoms with Gasteiger partial charge in [0.1, 0.15) is 16.0 Å². The molecule has 2 unspecified atom stereocenters. The van der Waals surface area contributed by atoms with Crippen LogP contribution in [0.5, 0.6) is 5.75 Å². The molecule has 3 aliphatic heterocycles. The summed E-state index contributed by atoms with van der Waals surface area (Å²) in [6.07, 6.45) is -0.571. The number of nitrogens with zero attached hydrogens (tertiary/aromatic N) is 3. The summed E-state index contributed by atoms with van der Waals surface area (Å²) in [6.45, 7) is 4.45. The Bertz CT molecular complexity index is 1320. The summed E-state index contributed by atoms with van der Waals surface area (Å²) in [6, 6.07) is 3.28. The van der Waals surface area contributed by atoms with E-state index in [1.54, 1.807) is 11.0 Å². The molecule has 5 rings (SSSR count). The zero-order valence-electron chi connectivity index (χ0n) is 20.2. The zero-order valence-corrected chi connectivity index (χ0v) is 21.1. The first kappa shape index (κ1) is 25.9. The number of halogens is 3. The fourth-order valence-corrected chi connectivity index (χ4v) is 6.28. The number of ether oxygens (including phenoxy) is 1. The van der Waals surface area contributed by atoms with Crippen LogP contribution in [0, 0.1) is 0 Å². The highest BCUT2D eigenvalue weighted by Gasteiger charge is 2.47. The first-order chi connectivity index (χ1) is 18.1. The van der Waals surface area contributed by atoms with Crippen molar-refractivity contribution >= 4 is 41.0 Å². The molecule has 4 heterocycles. The number of amides is 4. The van der Waals surface area contributed by atoms with Crippen molar-refractivity contribution in [3.63, 3.8) is 0 Å². The number of rotatable bonds is 5. The van der Waals surface area contributed by atoms with Gasteiger partial charge in [0.15, 0.2) is 0 Å². The number of carbonyl (C=O) groups excluding carboxylic acids is 3. The molecule has 0 aliphatic carbocycles. The summed E-state index contributed by atoms with van der Waals surface area (Å²) in [5.41, 5.74) is -0.102. The van der Waals surface area contributed by atoms with Gasteiger partial charge >= 0.3 is 12.2 Å². The predicted molar refractivity (Wildman–Crippen MR) is 133 cm³/mol. The summed E-state index contributed by atoms with van der Waals surface area (Å²) in [4.78, 5) is 45.7. The normalized spacial score (nSPS) is 22.4. The van der Waals surface area contributed by atoms with Crippen molar-refractivity contribution in [3.8, 4) is 5.75 Å². The number of piperidine rings is 1. The molecule has 200 valence electrons. The maximum Gasteiger partial charge on any atom is 0.420 e. The van der Waals surface area contributed by atoms with E-state index in [2.05, 4.69) is 22.2 Å². The van der Waals surface area contributed by atoms with E-state index in [1.165, 1.54) is 30.1 Å². The average Bonchev–Trinajstić information content (AvgIpc) is 3.27. The zero-order chi connectivity index (χ0) is 27.2. The van der Waals surface area contributed by atoms with Gasteiger partial charge in [0.2, 0.25) is 11.8 Å². The summed E-state index contributed by atoms with van der Waals surface area (Å²) in [5, 5.41) is 5.55. The average molecular weight is 548 g/mol. The summed E-state index contributed by atoms with van der Waals surface area (Å²) < 4.78 is 45.8. The largest absolute Gasteiger partial charge is 0.496 e. The van der Waals surface area contributed by atoms with Gasteiger partial charge in [-0.25, -0.2) is 9.78 Å². The van der Waals surface area contributed by atoms with E-state index in [4.69, 9.17) is 4.74 Å². The van der Waals surface area contributed by atoms with E-state index in [0.29, 0.717) is 35.8 Å². The van der Waals surface area contributed by atoms with Crippen molar-refractivity contribution in [1.29, 1.82) is 0 Å². The van der Waals surface area contributed by atoms with E-state index < -0.39 is 29.1 Å². The number of urea groups is 1. The Balaban J connectivity index is 1.42. The molecule has 4 amide bonds. The smallest absolute Gasteiger partial charge is 0.420 e. The minimum absolute atomic E-state index is 0.00504. The highest BCUT2D eigenvalue weighted by Crippen LogP contribution is 2.51. The maximum atomic E-state index is 13.6. The Morgan fingerprint density at radius 1 is 1.32 bits per heavy atom. The fourth-order valence-electron chi connectivity index (χ4n) is 5.05. The van der Waals surface area contributed by atoms with Crippen molar-refractivity contribution in [2.24, 2.45) is 0 Å². The monoisotopic (exact) mass is 547 g/mol. The molecule has 1 fully saturated rings. The lowest BCUT2D eigenvalue weighted by Gasteiger charge is -2.35. The number of benzene rings is 1. The second-order valence-corrected chi connectivity index (χ2v) is 10.2. The molecule has 1 aromatic carbocycles. The van der Waals surface area contributed by atoms with Gasteiger partial charge in [-0.3, -0.25) is 14.5 Å². The molecule has 38 heavy (non-hydrogen) atoms. The van der Waals surface area contributed by atoms with Crippen LogP contribution in [0.2, 0.25) is 0 Å².